The van der Waals surface area contributed by atoms with Gasteiger partial charge in [-0.2, -0.15) is 0 Å². The van der Waals surface area contributed by atoms with Gasteiger partial charge in [-0.15, -0.1) is 0 Å². The van der Waals surface area contributed by atoms with Gasteiger partial charge in [0.25, 0.3) is 0 Å². The van der Waals surface area contributed by atoms with Gasteiger partial charge in [-0.25, -0.2) is 13.1 Å². The van der Waals surface area contributed by atoms with Crippen LogP contribution in [0.15, 0.2) is 23.1 Å². The molecule has 1 fully saturated rings. The lowest BCUT2D eigenvalue weighted by molar-refractivity contribution is 0.407. The first-order valence-corrected chi connectivity index (χ1v) is 7.65. The number of sulfonamides is 1. The SMILES string of the molecule is Cc1ccc(C)c(S(=O)(=O)NC2CCN(C)C2)c1. The van der Waals surface area contributed by atoms with Crippen LogP contribution in [-0.4, -0.2) is 39.5 Å². The van der Waals surface area contributed by atoms with Crippen LogP contribution in [0.1, 0.15) is 17.5 Å². The van der Waals surface area contributed by atoms with Gasteiger partial charge in [0, 0.05) is 12.6 Å². The van der Waals surface area contributed by atoms with E-state index >= 15 is 0 Å². The number of aryl methyl sites for hydroxylation is 2. The number of nitrogens with one attached hydrogen (secondary N) is 1. The van der Waals surface area contributed by atoms with Gasteiger partial charge in [0.05, 0.1) is 4.90 Å². The number of nitrogens with zero attached hydrogens (tertiary/aromatic N) is 1. The minimum absolute atomic E-state index is 0.0277. The highest BCUT2D eigenvalue weighted by atomic mass is 32.2. The zero-order valence-corrected chi connectivity index (χ0v) is 11.9. The van der Waals surface area contributed by atoms with Crippen molar-refractivity contribution in [2.24, 2.45) is 0 Å². The lowest BCUT2D eigenvalue weighted by Crippen LogP contribution is -2.36. The summed E-state index contributed by atoms with van der Waals surface area (Å²) in [5, 5.41) is 0. The topological polar surface area (TPSA) is 49.4 Å². The van der Waals surface area contributed by atoms with Crippen molar-refractivity contribution >= 4 is 10.0 Å². The average molecular weight is 268 g/mol. The van der Waals surface area contributed by atoms with Crippen LogP contribution in [0.2, 0.25) is 0 Å². The second-order valence-electron chi connectivity index (χ2n) is 5.14. The van der Waals surface area contributed by atoms with Crippen molar-refractivity contribution < 1.29 is 8.42 Å². The number of hydrogen-bond acceptors (Lipinski definition) is 3. The summed E-state index contributed by atoms with van der Waals surface area (Å²) in [6.07, 6.45) is 0.876. The fourth-order valence-electron chi connectivity index (χ4n) is 2.31. The quantitative estimate of drug-likeness (QED) is 0.898. The number of rotatable bonds is 3. The highest BCUT2D eigenvalue weighted by Gasteiger charge is 2.26. The molecule has 0 spiro atoms. The van der Waals surface area contributed by atoms with Gasteiger partial charge in [0.15, 0.2) is 0 Å². The minimum Gasteiger partial charge on any atom is -0.305 e. The Labute approximate surface area is 109 Å². The van der Waals surface area contributed by atoms with E-state index in [0.717, 1.165) is 30.6 Å². The van der Waals surface area contributed by atoms with Crippen molar-refractivity contribution in [3.8, 4) is 0 Å². The molecule has 0 aliphatic carbocycles. The van der Waals surface area contributed by atoms with Crippen LogP contribution >= 0.6 is 0 Å². The molecule has 1 saturated heterocycles. The molecule has 1 aromatic carbocycles. The molecular weight excluding hydrogens is 248 g/mol. The second kappa shape index (κ2) is 4.99. The molecule has 2 rings (SSSR count). The number of hydrogen-bond donors (Lipinski definition) is 1. The Bertz CT molecular complexity index is 540. The van der Waals surface area contributed by atoms with Crippen molar-refractivity contribution in [1.82, 2.24) is 9.62 Å². The normalized spacial score (nSPS) is 21.4. The molecule has 0 bridgehead atoms. The molecule has 1 aromatic rings. The molecule has 1 aliphatic heterocycles. The molecule has 0 aromatic heterocycles. The average Bonchev–Trinajstić information content (AvgIpc) is 2.66. The third-order valence-corrected chi connectivity index (χ3v) is 5.01. The van der Waals surface area contributed by atoms with Crippen LogP contribution in [0.25, 0.3) is 0 Å². The molecule has 0 saturated carbocycles. The summed E-state index contributed by atoms with van der Waals surface area (Å²) in [7, 11) is -1.39. The van der Waals surface area contributed by atoms with E-state index in [-0.39, 0.29) is 6.04 Å². The predicted octanol–water partition coefficient (Wildman–Crippen LogP) is 1.29. The largest absolute Gasteiger partial charge is 0.305 e. The molecule has 1 N–H and O–H groups in total. The van der Waals surface area contributed by atoms with E-state index < -0.39 is 10.0 Å². The van der Waals surface area contributed by atoms with E-state index in [0.29, 0.717) is 4.90 Å². The van der Waals surface area contributed by atoms with Gasteiger partial charge in [-0.05, 0) is 51.1 Å². The van der Waals surface area contributed by atoms with Crippen LogP contribution in [0.5, 0.6) is 0 Å². The maximum Gasteiger partial charge on any atom is 0.241 e. The Morgan fingerprint density at radius 1 is 1.33 bits per heavy atom. The van der Waals surface area contributed by atoms with Crippen molar-refractivity contribution in [3.05, 3.63) is 29.3 Å². The first kappa shape index (κ1) is 13.5. The maximum absolute atomic E-state index is 12.3. The van der Waals surface area contributed by atoms with Crippen LogP contribution in [0.4, 0.5) is 0 Å². The first-order chi connectivity index (χ1) is 8.38. The third-order valence-electron chi connectivity index (χ3n) is 3.35. The molecule has 1 aliphatic rings. The summed E-state index contributed by atoms with van der Waals surface area (Å²) in [4.78, 5) is 2.54. The van der Waals surface area contributed by atoms with Gasteiger partial charge < -0.3 is 4.90 Å². The van der Waals surface area contributed by atoms with Gasteiger partial charge in [0.1, 0.15) is 0 Å². The summed E-state index contributed by atoms with van der Waals surface area (Å²) in [5.74, 6) is 0. The summed E-state index contributed by atoms with van der Waals surface area (Å²) in [6, 6.07) is 5.54. The van der Waals surface area contributed by atoms with Crippen molar-refractivity contribution in [3.63, 3.8) is 0 Å². The Morgan fingerprint density at radius 3 is 2.67 bits per heavy atom. The van der Waals surface area contributed by atoms with E-state index in [9.17, 15) is 8.42 Å². The van der Waals surface area contributed by atoms with Crippen LogP contribution < -0.4 is 4.72 Å². The highest BCUT2D eigenvalue weighted by molar-refractivity contribution is 7.89. The Kier molecular flexibility index (Phi) is 3.75. The Hall–Kier alpha value is -0.910. The molecular formula is C13H20N2O2S. The lowest BCUT2D eigenvalue weighted by atomic mass is 10.2. The molecule has 5 heteroatoms. The predicted molar refractivity (Wildman–Crippen MR) is 72.1 cm³/mol. The Balaban J connectivity index is 2.23. The van der Waals surface area contributed by atoms with E-state index in [4.69, 9.17) is 0 Å². The molecule has 1 heterocycles. The fraction of sp³-hybridized carbons (Fsp3) is 0.538. The highest BCUT2D eigenvalue weighted by Crippen LogP contribution is 2.18. The number of benzene rings is 1. The zero-order chi connectivity index (χ0) is 13.3. The molecule has 4 nitrogen and oxygen atoms in total. The van der Waals surface area contributed by atoms with Crippen LogP contribution in [-0.2, 0) is 10.0 Å². The molecule has 0 amide bonds. The zero-order valence-electron chi connectivity index (χ0n) is 11.1. The number of likely N-dealkylation sites (tertiary alicyclic amines) is 1. The molecule has 1 unspecified atom stereocenters. The summed E-state index contributed by atoms with van der Waals surface area (Å²) < 4.78 is 27.5. The Morgan fingerprint density at radius 2 is 2.06 bits per heavy atom. The van der Waals surface area contributed by atoms with Crippen LogP contribution in [0.3, 0.4) is 0 Å². The first-order valence-electron chi connectivity index (χ1n) is 6.16. The van der Waals surface area contributed by atoms with E-state index in [2.05, 4.69) is 9.62 Å². The summed E-state index contributed by atoms with van der Waals surface area (Å²) >= 11 is 0. The third kappa shape index (κ3) is 2.91. The number of likely N-dealkylation sites (N-methyl/N-ethyl adjacent to an activating group) is 1. The van der Waals surface area contributed by atoms with Gasteiger partial charge in [-0.3, -0.25) is 0 Å². The van der Waals surface area contributed by atoms with Crippen molar-refractivity contribution in [2.45, 2.75) is 31.2 Å². The van der Waals surface area contributed by atoms with Crippen molar-refractivity contribution in [1.29, 1.82) is 0 Å². The van der Waals surface area contributed by atoms with Crippen LogP contribution in [0, 0.1) is 13.8 Å². The van der Waals surface area contributed by atoms with Gasteiger partial charge in [0.2, 0.25) is 10.0 Å². The molecule has 18 heavy (non-hydrogen) atoms. The summed E-state index contributed by atoms with van der Waals surface area (Å²) in [6.45, 7) is 5.46. The second-order valence-corrected chi connectivity index (χ2v) is 6.82. The van der Waals surface area contributed by atoms with Gasteiger partial charge in [-0.1, -0.05) is 12.1 Å². The van der Waals surface area contributed by atoms with Crippen molar-refractivity contribution in [2.75, 3.05) is 20.1 Å². The molecule has 100 valence electrons. The molecule has 0 radical (unpaired) electrons. The maximum atomic E-state index is 12.3. The van der Waals surface area contributed by atoms with E-state index in [1.165, 1.54) is 0 Å². The van der Waals surface area contributed by atoms with Gasteiger partial charge >= 0.3 is 0 Å². The monoisotopic (exact) mass is 268 g/mol. The smallest absolute Gasteiger partial charge is 0.241 e. The van der Waals surface area contributed by atoms with E-state index in [1.807, 2.05) is 33.0 Å². The lowest BCUT2D eigenvalue weighted by Gasteiger charge is -2.15. The molecule has 1 atom stereocenters. The minimum atomic E-state index is -3.40. The van der Waals surface area contributed by atoms with E-state index in [1.54, 1.807) is 6.07 Å². The standard InChI is InChI=1S/C13H20N2O2S/c1-10-4-5-11(2)13(8-10)18(16,17)14-12-6-7-15(3)9-12/h4-5,8,12,14H,6-7,9H2,1-3H3. The fourth-order valence-corrected chi connectivity index (χ4v) is 3.90. The summed E-state index contributed by atoms with van der Waals surface area (Å²) in [5.41, 5.74) is 1.75.